The van der Waals surface area contributed by atoms with Gasteiger partial charge in [-0.05, 0) is 55.0 Å². The van der Waals surface area contributed by atoms with Crippen LogP contribution in [0.25, 0.3) is 11.3 Å². The number of carbonyl (C=O) groups excluding carboxylic acids is 1. The molecule has 0 aliphatic rings. The SMILES string of the molecule is CCOC(=O)c1cccc(NCc2ccc(OCc3c(-c4ccccc4OC(F)(F)F)noc3C(C)C)cc2Cl)c1. The number of halogens is 4. The van der Waals surface area contributed by atoms with Gasteiger partial charge in [0.05, 0.1) is 17.7 Å². The van der Waals surface area contributed by atoms with Crippen LogP contribution in [0.15, 0.2) is 71.3 Å². The molecule has 41 heavy (non-hydrogen) atoms. The first-order chi connectivity index (χ1) is 19.6. The normalized spacial score (nSPS) is 11.4. The van der Waals surface area contributed by atoms with E-state index in [1.54, 1.807) is 49.4 Å². The number of benzene rings is 3. The van der Waals surface area contributed by atoms with Gasteiger partial charge in [-0.2, -0.15) is 0 Å². The quantitative estimate of drug-likeness (QED) is 0.176. The van der Waals surface area contributed by atoms with Gasteiger partial charge < -0.3 is 24.1 Å². The highest BCUT2D eigenvalue weighted by Gasteiger charge is 2.33. The van der Waals surface area contributed by atoms with E-state index in [0.717, 1.165) is 11.3 Å². The van der Waals surface area contributed by atoms with E-state index in [4.69, 9.17) is 25.6 Å². The summed E-state index contributed by atoms with van der Waals surface area (Å²) in [6.07, 6.45) is -4.87. The van der Waals surface area contributed by atoms with Crippen molar-refractivity contribution >= 4 is 23.3 Å². The molecule has 0 atom stereocenters. The van der Waals surface area contributed by atoms with Gasteiger partial charge in [0.1, 0.15) is 29.6 Å². The molecule has 7 nitrogen and oxygen atoms in total. The molecule has 0 unspecified atom stereocenters. The lowest BCUT2D eigenvalue weighted by Crippen LogP contribution is -2.17. The molecule has 0 bridgehead atoms. The Kier molecular flexibility index (Phi) is 9.44. The minimum absolute atomic E-state index is 0.0265. The number of aromatic nitrogens is 1. The van der Waals surface area contributed by atoms with Gasteiger partial charge >= 0.3 is 12.3 Å². The molecule has 0 aliphatic heterocycles. The minimum atomic E-state index is -4.87. The Balaban J connectivity index is 1.49. The molecule has 216 valence electrons. The number of nitrogens with zero attached hydrogens (tertiary/aromatic N) is 1. The zero-order chi connectivity index (χ0) is 29.6. The molecule has 4 rings (SSSR count). The highest BCUT2D eigenvalue weighted by Crippen LogP contribution is 2.38. The van der Waals surface area contributed by atoms with E-state index in [9.17, 15) is 18.0 Å². The molecule has 1 aromatic heterocycles. The van der Waals surface area contributed by atoms with E-state index >= 15 is 0 Å². The largest absolute Gasteiger partial charge is 0.573 e. The zero-order valence-electron chi connectivity index (χ0n) is 22.5. The van der Waals surface area contributed by atoms with E-state index in [2.05, 4.69) is 15.2 Å². The second kappa shape index (κ2) is 13.0. The first-order valence-electron chi connectivity index (χ1n) is 12.8. The Hall–Kier alpha value is -4.18. The maximum atomic E-state index is 13.0. The molecule has 3 aromatic carbocycles. The second-order valence-corrected chi connectivity index (χ2v) is 9.68. The number of anilines is 1. The van der Waals surface area contributed by atoms with Crippen LogP contribution >= 0.6 is 11.6 Å². The van der Waals surface area contributed by atoms with Crippen LogP contribution in [0.3, 0.4) is 0 Å². The molecule has 0 amide bonds. The Labute approximate surface area is 240 Å². The number of esters is 1. The molecular formula is C30H28ClF3N2O5. The van der Waals surface area contributed by atoms with Crippen LogP contribution in [0.2, 0.25) is 5.02 Å². The van der Waals surface area contributed by atoms with Crippen LogP contribution in [0.4, 0.5) is 18.9 Å². The van der Waals surface area contributed by atoms with Crippen LogP contribution in [-0.4, -0.2) is 24.1 Å². The Morgan fingerprint density at radius 1 is 1.07 bits per heavy atom. The highest BCUT2D eigenvalue weighted by atomic mass is 35.5. The predicted octanol–water partition coefficient (Wildman–Crippen LogP) is 8.38. The van der Waals surface area contributed by atoms with Crippen molar-refractivity contribution < 1.29 is 36.7 Å². The topological polar surface area (TPSA) is 82.8 Å². The van der Waals surface area contributed by atoms with Gasteiger partial charge in [-0.15, -0.1) is 13.2 Å². The van der Waals surface area contributed by atoms with E-state index in [1.165, 1.54) is 18.2 Å². The minimum Gasteiger partial charge on any atom is -0.489 e. The maximum Gasteiger partial charge on any atom is 0.573 e. The first kappa shape index (κ1) is 29.8. The number of ether oxygens (including phenoxy) is 3. The van der Waals surface area contributed by atoms with Crippen LogP contribution < -0.4 is 14.8 Å². The van der Waals surface area contributed by atoms with Gasteiger partial charge in [0.15, 0.2) is 0 Å². The van der Waals surface area contributed by atoms with E-state index in [1.807, 2.05) is 19.9 Å². The number of carbonyl (C=O) groups is 1. The monoisotopic (exact) mass is 588 g/mol. The Bertz CT molecular complexity index is 1500. The fourth-order valence-electron chi connectivity index (χ4n) is 4.09. The lowest BCUT2D eigenvalue weighted by atomic mass is 10.0. The maximum absolute atomic E-state index is 13.0. The van der Waals surface area contributed by atoms with Crippen LogP contribution in [-0.2, 0) is 17.9 Å². The van der Waals surface area contributed by atoms with Gasteiger partial charge in [-0.25, -0.2) is 4.79 Å². The van der Waals surface area contributed by atoms with Crippen molar-refractivity contribution in [1.82, 2.24) is 5.16 Å². The summed E-state index contributed by atoms with van der Waals surface area (Å²) in [4.78, 5) is 12.0. The summed E-state index contributed by atoms with van der Waals surface area (Å²) in [7, 11) is 0. The molecule has 11 heteroatoms. The lowest BCUT2D eigenvalue weighted by molar-refractivity contribution is -0.274. The number of hydrogen-bond acceptors (Lipinski definition) is 7. The van der Waals surface area contributed by atoms with E-state index < -0.39 is 18.1 Å². The predicted molar refractivity (Wildman–Crippen MR) is 148 cm³/mol. The average Bonchev–Trinajstić information content (AvgIpc) is 3.35. The molecule has 0 radical (unpaired) electrons. The molecular weight excluding hydrogens is 561 g/mol. The number of rotatable bonds is 11. The van der Waals surface area contributed by atoms with Crippen molar-refractivity contribution in [2.45, 2.75) is 46.2 Å². The van der Waals surface area contributed by atoms with Crippen LogP contribution in [0, 0.1) is 0 Å². The van der Waals surface area contributed by atoms with Crippen LogP contribution in [0.1, 0.15) is 53.9 Å². The van der Waals surface area contributed by atoms with Crippen LogP contribution in [0.5, 0.6) is 11.5 Å². The fourth-order valence-corrected chi connectivity index (χ4v) is 4.32. The molecule has 4 aromatic rings. The summed E-state index contributed by atoms with van der Waals surface area (Å²) < 4.78 is 59.8. The van der Waals surface area contributed by atoms with Gasteiger partial charge in [0, 0.05) is 28.7 Å². The van der Waals surface area contributed by atoms with E-state index in [0.29, 0.717) is 34.2 Å². The number of para-hydroxylation sites is 1. The van der Waals surface area contributed by atoms with Crippen molar-refractivity contribution in [2.75, 3.05) is 11.9 Å². The fraction of sp³-hybridized carbons (Fsp3) is 0.267. The summed E-state index contributed by atoms with van der Waals surface area (Å²) in [5.41, 5.74) is 2.78. The number of hydrogen-bond donors (Lipinski definition) is 1. The van der Waals surface area contributed by atoms with Crippen molar-refractivity contribution in [3.63, 3.8) is 0 Å². The highest BCUT2D eigenvalue weighted by molar-refractivity contribution is 6.31. The van der Waals surface area contributed by atoms with Crippen molar-refractivity contribution in [2.24, 2.45) is 0 Å². The molecule has 0 saturated carbocycles. The lowest BCUT2D eigenvalue weighted by Gasteiger charge is -2.14. The van der Waals surface area contributed by atoms with Crippen molar-refractivity contribution in [3.8, 4) is 22.8 Å². The molecule has 1 N–H and O–H groups in total. The Morgan fingerprint density at radius 3 is 2.56 bits per heavy atom. The molecule has 0 spiro atoms. The van der Waals surface area contributed by atoms with E-state index in [-0.39, 0.29) is 30.4 Å². The second-order valence-electron chi connectivity index (χ2n) is 9.27. The Morgan fingerprint density at radius 2 is 1.85 bits per heavy atom. The summed E-state index contributed by atoms with van der Waals surface area (Å²) in [6, 6.07) is 17.9. The third kappa shape index (κ3) is 7.73. The molecule has 1 heterocycles. The third-order valence-corrected chi connectivity index (χ3v) is 6.33. The standard InChI is InChI=1S/C30H28ClF3N2O5/c1-4-38-29(37)19-8-7-9-21(14-19)35-16-20-12-13-22(15-25(20)31)39-17-24-27(36-41-28(24)18(2)3)23-10-5-6-11-26(23)40-30(32,33)34/h5-15,18,35H,4,16-17H2,1-3H3. The number of alkyl halides is 3. The average molecular weight is 589 g/mol. The summed E-state index contributed by atoms with van der Waals surface area (Å²) in [5.74, 6) is 0.0367. The summed E-state index contributed by atoms with van der Waals surface area (Å²) >= 11 is 6.52. The first-order valence-corrected chi connectivity index (χ1v) is 13.2. The summed E-state index contributed by atoms with van der Waals surface area (Å²) in [5, 5.41) is 7.73. The molecule has 0 saturated heterocycles. The zero-order valence-corrected chi connectivity index (χ0v) is 23.3. The summed E-state index contributed by atoms with van der Waals surface area (Å²) in [6.45, 7) is 6.16. The number of nitrogens with one attached hydrogen (secondary N) is 1. The smallest absolute Gasteiger partial charge is 0.489 e. The van der Waals surface area contributed by atoms with Gasteiger partial charge in [-0.1, -0.05) is 54.9 Å². The molecule has 0 aliphatic carbocycles. The van der Waals surface area contributed by atoms with Crippen molar-refractivity contribution in [1.29, 1.82) is 0 Å². The van der Waals surface area contributed by atoms with Gasteiger partial charge in [0.25, 0.3) is 0 Å². The molecule has 0 fully saturated rings. The third-order valence-electron chi connectivity index (χ3n) is 5.98. The van der Waals surface area contributed by atoms with Crippen molar-refractivity contribution in [3.05, 3.63) is 94.2 Å². The van der Waals surface area contributed by atoms with Gasteiger partial charge in [-0.3, -0.25) is 0 Å². The van der Waals surface area contributed by atoms with Gasteiger partial charge in [0.2, 0.25) is 0 Å².